The van der Waals surface area contributed by atoms with Gasteiger partial charge in [0.05, 0.1) is 0 Å². The van der Waals surface area contributed by atoms with Crippen LogP contribution in [0.3, 0.4) is 0 Å². The Morgan fingerprint density at radius 2 is 1.53 bits per heavy atom. The molecular formula is C14H13N3. The monoisotopic (exact) mass is 223 g/mol. The standard InChI is InChI=1S/C14H13N3/c15-10-3-1-9(2-4-10)13-8-17-14-7-11(16)5-6-12(13)14/h1-8,17H,15-16H2. The second-order valence-electron chi connectivity index (χ2n) is 4.13. The molecule has 0 unspecified atom stereocenters. The summed E-state index contributed by atoms with van der Waals surface area (Å²) >= 11 is 0. The van der Waals surface area contributed by atoms with Crippen molar-refractivity contribution in [3.8, 4) is 11.1 Å². The maximum absolute atomic E-state index is 5.76. The first-order chi connectivity index (χ1) is 8.24. The van der Waals surface area contributed by atoms with Gasteiger partial charge in [0.15, 0.2) is 0 Å². The van der Waals surface area contributed by atoms with Crippen molar-refractivity contribution in [2.24, 2.45) is 0 Å². The molecule has 3 nitrogen and oxygen atoms in total. The number of nitrogen functional groups attached to an aromatic ring is 2. The maximum atomic E-state index is 5.76. The lowest BCUT2D eigenvalue weighted by Crippen LogP contribution is -1.84. The van der Waals surface area contributed by atoms with E-state index < -0.39 is 0 Å². The van der Waals surface area contributed by atoms with Crippen molar-refractivity contribution in [2.75, 3.05) is 11.5 Å². The fourth-order valence-corrected chi connectivity index (χ4v) is 2.05. The van der Waals surface area contributed by atoms with Crippen LogP contribution in [0.1, 0.15) is 0 Å². The average molecular weight is 223 g/mol. The molecule has 0 amide bonds. The topological polar surface area (TPSA) is 67.8 Å². The van der Waals surface area contributed by atoms with E-state index in [4.69, 9.17) is 11.5 Å². The van der Waals surface area contributed by atoms with Gasteiger partial charge in [-0.1, -0.05) is 18.2 Å². The molecular weight excluding hydrogens is 210 g/mol. The largest absolute Gasteiger partial charge is 0.399 e. The number of nitrogens with one attached hydrogen (secondary N) is 1. The number of rotatable bonds is 1. The van der Waals surface area contributed by atoms with Crippen LogP contribution in [0.2, 0.25) is 0 Å². The molecule has 5 N–H and O–H groups in total. The second kappa shape index (κ2) is 3.56. The van der Waals surface area contributed by atoms with Crippen molar-refractivity contribution in [1.82, 2.24) is 4.98 Å². The highest BCUT2D eigenvalue weighted by atomic mass is 14.7. The van der Waals surface area contributed by atoms with Crippen LogP contribution in [-0.4, -0.2) is 4.98 Å². The minimum absolute atomic E-state index is 0.767. The number of aromatic amines is 1. The number of nitrogens with two attached hydrogens (primary N) is 2. The Labute approximate surface area is 99.1 Å². The zero-order valence-corrected chi connectivity index (χ0v) is 9.27. The van der Waals surface area contributed by atoms with Gasteiger partial charge >= 0.3 is 0 Å². The predicted molar refractivity (Wildman–Crippen MR) is 72.6 cm³/mol. The third-order valence-corrected chi connectivity index (χ3v) is 2.93. The fraction of sp³-hybridized carbons (Fsp3) is 0. The minimum Gasteiger partial charge on any atom is -0.399 e. The van der Waals surface area contributed by atoms with Gasteiger partial charge in [-0.2, -0.15) is 0 Å². The van der Waals surface area contributed by atoms with Crippen LogP contribution in [0.5, 0.6) is 0 Å². The highest BCUT2D eigenvalue weighted by molar-refractivity contribution is 5.96. The summed E-state index contributed by atoms with van der Waals surface area (Å²) in [7, 11) is 0. The van der Waals surface area contributed by atoms with Crippen molar-refractivity contribution in [3.05, 3.63) is 48.7 Å². The van der Waals surface area contributed by atoms with Gasteiger partial charge in [0, 0.05) is 34.0 Å². The van der Waals surface area contributed by atoms with E-state index >= 15 is 0 Å². The number of aromatic nitrogens is 1. The molecule has 0 atom stereocenters. The summed E-state index contributed by atoms with van der Waals surface area (Å²) in [5, 5.41) is 1.17. The molecule has 84 valence electrons. The van der Waals surface area contributed by atoms with Crippen molar-refractivity contribution >= 4 is 22.3 Å². The third kappa shape index (κ3) is 1.61. The minimum atomic E-state index is 0.767. The first kappa shape index (κ1) is 9.78. The van der Waals surface area contributed by atoms with Crippen LogP contribution in [0.15, 0.2) is 48.7 Å². The predicted octanol–water partition coefficient (Wildman–Crippen LogP) is 3.00. The Kier molecular flexibility index (Phi) is 2.05. The van der Waals surface area contributed by atoms with Crippen molar-refractivity contribution in [2.45, 2.75) is 0 Å². The molecule has 17 heavy (non-hydrogen) atoms. The lowest BCUT2D eigenvalue weighted by molar-refractivity contribution is 1.47. The Morgan fingerprint density at radius 3 is 2.29 bits per heavy atom. The first-order valence-electron chi connectivity index (χ1n) is 5.46. The molecule has 0 saturated heterocycles. The van der Waals surface area contributed by atoms with E-state index in [2.05, 4.69) is 4.98 Å². The number of hydrogen-bond acceptors (Lipinski definition) is 2. The molecule has 1 heterocycles. The number of benzene rings is 2. The highest BCUT2D eigenvalue weighted by Crippen LogP contribution is 2.29. The van der Waals surface area contributed by atoms with Crippen LogP contribution in [0, 0.1) is 0 Å². The molecule has 0 aliphatic heterocycles. The van der Waals surface area contributed by atoms with Crippen LogP contribution in [0.4, 0.5) is 11.4 Å². The van der Waals surface area contributed by atoms with E-state index in [1.54, 1.807) is 0 Å². The molecule has 0 radical (unpaired) electrons. The molecule has 3 rings (SSSR count). The van der Waals surface area contributed by atoms with E-state index in [0.29, 0.717) is 0 Å². The van der Waals surface area contributed by atoms with E-state index in [9.17, 15) is 0 Å². The van der Waals surface area contributed by atoms with Gasteiger partial charge in [-0.05, 0) is 29.8 Å². The van der Waals surface area contributed by atoms with Crippen molar-refractivity contribution < 1.29 is 0 Å². The summed E-state index contributed by atoms with van der Waals surface area (Å²) in [6.45, 7) is 0. The molecule has 0 bridgehead atoms. The highest BCUT2D eigenvalue weighted by Gasteiger charge is 2.05. The summed E-state index contributed by atoms with van der Waals surface area (Å²) in [6, 6.07) is 13.7. The van der Waals surface area contributed by atoms with Gasteiger partial charge < -0.3 is 16.5 Å². The Morgan fingerprint density at radius 1 is 0.824 bits per heavy atom. The summed E-state index contributed by atoms with van der Waals surface area (Å²) < 4.78 is 0. The van der Waals surface area contributed by atoms with Crippen LogP contribution >= 0.6 is 0 Å². The summed E-state index contributed by atoms with van der Waals surface area (Å²) in [4.78, 5) is 3.23. The van der Waals surface area contributed by atoms with E-state index in [1.807, 2.05) is 48.7 Å². The van der Waals surface area contributed by atoms with Gasteiger partial charge in [0.2, 0.25) is 0 Å². The fourth-order valence-electron chi connectivity index (χ4n) is 2.05. The first-order valence-corrected chi connectivity index (χ1v) is 5.46. The smallest absolute Gasteiger partial charge is 0.0481 e. The van der Waals surface area contributed by atoms with Crippen molar-refractivity contribution in [1.29, 1.82) is 0 Å². The lowest BCUT2D eigenvalue weighted by Gasteiger charge is -2.00. The molecule has 0 aliphatic rings. The molecule has 0 spiro atoms. The van der Waals surface area contributed by atoms with Gasteiger partial charge in [-0.25, -0.2) is 0 Å². The summed E-state index contributed by atoms with van der Waals surface area (Å²) in [5.41, 5.74) is 16.4. The number of H-pyrrole nitrogens is 1. The number of anilines is 2. The van der Waals surface area contributed by atoms with Gasteiger partial charge in [-0.3, -0.25) is 0 Å². The SMILES string of the molecule is Nc1ccc(-c2c[nH]c3cc(N)ccc23)cc1. The normalized spacial score (nSPS) is 10.8. The number of fused-ring (bicyclic) bond motifs is 1. The average Bonchev–Trinajstić information content (AvgIpc) is 2.73. The summed E-state index contributed by atoms with van der Waals surface area (Å²) in [6.07, 6.45) is 2.00. The van der Waals surface area contributed by atoms with Crippen LogP contribution in [0.25, 0.3) is 22.0 Å². The van der Waals surface area contributed by atoms with Gasteiger partial charge in [-0.15, -0.1) is 0 Å². The molecule has 2 aromatic carbocycles. The molecule has 3 aromatic rings. The zero-order valence-electron chi connectivity index (χ0n) is 9.27. The zero-order chi connectivity index (χ0) is 11.8. The van der Waals surface area contributed by atoms with Crippen molar-refractivity contribution in [3.63, 3.8) is 0 Å². The molecule has 0 fully saturated rings. The Hall–Kier alpha value is -2.42. The second-order valence-corrected chi connectivity index (χ2v) is 4.13. The third-order valence-electron chi connectivity index (χ3n) is 2.93. The molecule has 3 heteroatoms. The van der Waals surface area contributed by atoms with E-state index in [1.165, 1.54) is 10.9 Å². The van der Waals surface area contributed by atoms with Crippen LogP contribution < -0.4 is 11.5 Å². The quantitative estimate of drug-likeness (QED) is 0.555. The summed E-state index contributed by atoms with van der Waals surface area (Å²) in [5.74, 6) is 0. The Balaban J connectivity index is 2.21. The van der Waals surface area contributed by atoms with Gasteiger partial charge in [0.25, 0.3) is 0 Å². The lowest BCUT2D eigenvalue weighted by atomic mass is 10.0. The number of hydrogen-bond donors (Lipinski definition) is 3. The van der Waals surface area contributed by atoms with Crippen LogP contribution in [-0.2, 0) is 0 Å². The molecule has 0 saturated carbocycles. The van der Waals surface area contributed by atoms with E-state index in [-0.39, 0.29) is 0 Å². The van der Waals surface area contributed by atoms with E-state index in [0.717, 1.165) is 22.5 Å². The Bertz CT molecular complexity index is 666. The molecule has 1 aromatic heterocycles. The molecule has 0 aliphatic carbocycles. The maximum Gasteiger partial charge on any atom is 0.0481 e. The van der Waals surface area contributed by atoms with Gasteiger partial charge in [0.1, 0.15) is 0 Å².